The zero-order valence-corrected chi connectivity index (χ0v) is 11.1. The summed E-state index contributed by atoms with van der Waals surface area (Å²) in [7, 11) is 0. The molecule has 2 nitrogen and oxygen atoms in total. The Morgan fingerprint density at radius 1 is 1.05 bits per heavy atom. The van der Waals surface area contributed by atoms with Crippen molar-refractivity contribution >= 4 is 0 Å². The van der Waals surface area contributed by atoms with Gasteiger partial charge >= 0.3 is 0 Å². The van der Waals surface area contributed by atoms with E-state index in [1.165, 1.54) is 12.1 Å². The summed E-state index contributed by atoms with van der Waals surface area (Å²) in [6, 6.07) is 7.36. The van der Waals surface area contributed by atoms with Crippen LogP contribution >= 0.6 is 0 Å². The van der Waals surface area contributed by atoms with Crippen LogP contribution in [0.15, 0.2) is 36.5 Å². The Morgan fingerprint density at radius 2 is 1.85 bits per heavy atom. The Labute approximate surface area is 116 Å². The molecule has 2 aromatic rings. The van der Waals surface area contributed by atoms with Gasteiger partial charge < -0.3 is 5.32 Å². The van der Waals surface area contributed by atoms with Crippen molar-refractivity contribution in [2.45, 2.75) is 18.8 Å². The van der Waals surface area contributed by atoms with E-state index in [9.17, 15) is 8.78 Å². The molecular weight excluding hydrogens is 258 g/mol. The van der Waals surface area contributed by atoms with Crippen LogP contribution < -0.4 is 5.32 Å². The van der Waals surface area contributed by atoms with E-state index in [2.05, 4.69) is 10.3 Å². The number of nitrogens with one attached hydrogen (secondary N) is 1. The van der Waals surface area contributed by atoms with Crippen LogP contribution in [0.4, 0.5) is 8.78 Å². The van der Waals surface area contributed by atoms with Crippen LogP contribution in [-0.2, 0) is 0 Å². The maximum atomic E-state index is 13.8. The highest BCUT2D eigenvalue weighted by Gasteiger charge is 2.17. The van der Waals surface area contributed by atoms with Crippen LogP contribution in [0.5, 0.6) is 0 Å². The highest BCUT2D eigenvalue weighted by Crippen LogP contribution is 2.28. The molecule has 20 heavy (non-hydrogen) atoms. The number of pyridine rings is 1. The van der Waals surface area contributed by atoms with E-state index in [1.54, 1.807) is 12.3 Å². The molecule has 0 bridgehead atoms. The number of piperidine rings is 1. The Hall–Kier alpha value is -1.81. The van der Waals surface area contributed by atoms with Crippen molar-refractivity contribution < 1.29 is 8.78 Å². The maximum absolute atomic E-state index is 13.8. The Kier molecular flexibility index (Phi) is 3.74. The van der Waals surface area contributed by atoms with Gasteiger partial charge in [0, 0.05) is 29.4 Å². The van der Waals surface area contributed by atoms with Gasteiger partial charge in [0.2, 0.25) is 0 Å². The summed E-state index contributed by atoms with van der Waals surface area (Å²) >= 11 is 0. The molecule has 1 aromatic carbocycles. The fourth-order valence-electron chi connectivity index (χ4n) is 2.68. The SMILES string of the molecule is Fc1ccc(-c2ccnc(C3CCNCC3)c2)c(F)c1. The van der Waals surface area contributed by atoms with Gasteiger partial charge in [0.05, 0.1) is 0 Å². The second-order valence-corrected chi connectivity index (χ2v) is 5.12. The molecule has 2 heterocycles. The molecule has 0 amide bonds. The number of rotatable bonds is 2. The van der Waals surface area contributed by atoms with Gasteiger partial charge in [-0.1, -0.05) is 0 Å². The number of nitrogens with zero attached hydrogens (tertiary/aromatic N) is 1. The zero-order valence-electron chi connectivity index (χ0n) is 11.1. The van der Waals surface area contributed by atoms with E-state index in [1.807, 2.05) is 6.07 Å². The van der Waals surface area contributed by atoms with Gasteiger partial charge in [0.15, 0.2) is 0 Å². The third-order valence-electron chi connectivity index (χ3n) is 3.78. The molecular formula is C16H16F2N2. The van der Waals surface area contributed by atoms with Crippen LogP contribution in [0.3, 0.4) is 0 Å². The lowest BCUT2D eigenvalue weighted by Gasteiger charge is -2.22. The van der Waals surface area contributed by atoms with E-state index in [4.69, 9.17) is 0 Å². The fraction of sp³-hybridized carbons (Fsp3) is 0.312. The Bertz CT molecular complexity index is 607. The third kappa shape index (κ3) is 2.70. The van der Waals surface area contributed by atoms with Gasteiger partial charge in [-0.05, 0) is 55.8 Å². The quantitative estimate of drug-likeness (QED) is 0.906. The summed E-state index contributed by atoms with van der Waals surface area (Å²) in [5.41, 5.74) is 2.17. The van der Waals surface area contributed by atoms with Gasteiger partial charge in [-0.25, -0.2) is 8.78 Å². The van der Waals surface area contributed by atoms with E-state index >= 15 is 0 Å². The lowest BCUT2D eigenvalue weighted by molar-refractivity contribution is 0.453. The largest absolute Gasteiger partial charge is 0.317 e. The molecule has 0 unspecified atom stereocenters. The van der Waals surface area contributed by atoms with Crippen LogP contribution in [0.25, 0.3) is 11.1 Å². The van der Waals surface area contributed by atoms with Gasteiger partial charge in [0.25, 0.3) is 0 Å². The summed E-state index contributed by atoms with van der Waals surface area (Å²) in [5, 5.41) is 3.32. The molecule has 1 aliphatic rings. The molecule has 1 fully saturated rings. The third-order valence-corrected chi connectivity index (χ3v) is 3.78. The molecule has 4 heteroatoms. The highest BCUT2D eigenvalue weighted by molar-refractivity contribution is 5.64. The predicted octanol–water partition coefficient (Wildman–Crippen LogP) is 3.49. The summed E-state index contributed by atoms with van der Waals surface area (Å²) < 4.78 is 26.8. The van der Waals surface area contributed by atoms with Crippen LogP contribution in [0.2, 0.25) is 0 Å². The first-order valence-corrected chi connectivity index (χ1v) is 6.86. The molecule has 0 spiro atoms. The normalized spacial score (nSPS) is 16.3. The van der Waals surface area contributed by atoms with Gasteiger partial charge in [-0.2, -0.15) is 0 Å². The number of hydrogen-bond acceptors (Lipinski definition) is 2. The molecule has 0 aliphatic carbocycles. The number of halogens is 2. The highest BCUT2D eigenvalue weighted by atomic mass is 19.1. The van der Waals surface area contributed by atoms with E-state index in [0.29, 0.717) is 11.5 Å². The molecule has 3 rings (SSSR count). The molecule has 1 N–H and O–H groups in total. The molecule has 1 aliphatic heterocycles. The first kappa shape index (κ1) is 13.2. The number of hydrogen-bond donors (Lipinski definition) is 1. The van der Waals surface area contributed by atoms with E-state index < -0.39 is 11.6 Å². The molecule has 1 saturated heterocycles. The van der Waals surface area contributed by atoms with Crippen molar-refractivity contribution in [1.82, 2.24) is 10.3 Å². The van der Waals surface area contributed by atoms with Gasteiger partial charge in [-0.15, -0.1) is 0 Å². The second kappa shape index (κ2) is 5.67. The van der Waals surface area contributed by atoms with E-state index in [0.717, 1.165) is 43.3 Å². The fourth-order valence-corrected chi connectivity index (χ4v) is 2.68. The molecule has 104 valence electrons. The van der Waals surface area contributed by atoms with Gasteiger partial charge in [-0.3, -0.25) is 4.98 Å². The summed E-state index contributed by atoms with van der Waals surface area (Å²) in [6.07, 6.45) is 3.79. The lowest BCUT2D eigenvalue weighted by Crippen LogP contribution is -2.27. The van der Waals surface area contributed by atoms with Gasteiger partial charge in [0.1, 0.15) is 11.6 Å². The van der Waals surface area contributed by atoms with Crippen molar-refractivity contribution in [1.29, 1.82) is 0 Å². The molecule has 0 atom stereocenters. The first-order chi connectivity index (χ1) is 9.74. The van der Waals surface area contributed by atoms with Crippen molar-refractivity contribution in [3.63, 3.8) is 0 Å². The number of aromatic nitrogens is 1. The minimum atomic E-state index is -0.557. The Balaban J connectivity index is 1.94. The van der Waals surface area contributed by atoms with Crippen molar-refractivity contribution in [2.75, 3.05) is 13.1 Å². The minimum absolute atomic E-state index is 0.416. The maximum Gasteiger partial charge on any atom is 0.133 e. The zero-order chi connectivity index (χ0) is 13.9. The van der Waals surface area contributed by atoms with E-state index in [-0.39, 0.29) is 0 Å². The van der Waals surface area contributed by atoms with Crippen LogP contribution in [0.1, 0.15) is 24.5 Å². The average molecular weight is 274 g/mol. The standard InChI is InChI=1S/C16H16F2N2/c17-13-1-2-14(15(18)10-13)12-5-8-20-16(9-12)11-3-6-19-7-4-11/h1-2,5,8-11,19H,3-4,6-7H2. The average Bonchev–Trinajstić information content (AvgIpc) is 2.48. The summed E-state index contributed by atoms with van der Waals surface area (Å²) in [4.78, 5) is 4.41. The molecule has 0 radical (unpaired) electrons. The van der Waals surface area contributed by atoms with Crippen LogP contribution in [-0.4, -0.2) is 18.1 Å². The van der Waals surface area contributed by atoms with Crippen LogP contribution in [0, 0.1) is 11.6 Å². The summed E-state index contributed by atoms with van der Waals surface area (Å²) in [6.45, 7) is 1.98. The smallest absolute Gasteiger partial charge is 0.133 e. The molecule has 0 saturated carbocycles. The monoisotopic (exact) mass is 274 g/mol. The topological polar surface area (TPSA) is 24.9 Å². The second-order valence-electron chi connectivity index (χ2n) is 5.12. The summed E-state index contributed by atoms with van der Waals surface area (Å²) in [5.74, 6) is -0.675. The molecule has 1 aromatic heterocycles. The minimum Gasteiger partial charge on any atom is -0.317 e. The lowest BCUT2D eigenvalue weighted by atomic mass is 9.92. The van der Waals surface area contributed by atoms with Crippen molar-refractivity contribution in [2.24, 2.45) is 0 Å². The number of benzene rings is 1. The Morgan fingerprint density at radius 3 is 2.60 bits per heavy atom. The first-order valence-electron chi connectivity index (χ1n) is 6.86. The van der Waals surface area contributed by atoms with Crippen molar-refractivity contribution in [3.8, 4) is 11.1 Å². The predicted molar refractivity (Wildman–Crippen MR) is 74.4 cm³/mol. The van der Waals surface area contributed by atoms with Crippen molar-refractivity contribution in [3.05, 3.63) is 53.9 Å².